The Morgan fingerprint density at radius 1 is 0.968 bits per heavy atom. The molecule has 0 N–H and O–H groups in total. The highest BCUT2D eigenvalue weighted by molar-refractivity contribution is 7.22. The van der Waals surface area contributed by atoms with E-state index in [1.807, 2.05) is 42.5 Å². The number of hydrogen-bond acceptors (Lipinski definition) is 4. The number of hydrogen-bond donors (Lipinski definition) is 0. The van der Waals surface area contributed by atoms with Gasteiger partial charge >= 0.3 is 0 Å². The van der Waals surface area contributed by atoms with Gasteiger partial charge in [0.1, 0.15) is 11.3 Å². The summed E-state index contributed by atoms with van der Waals surface area (Å²) in [6.07, 6.45) is 3.31. The Hall–Kier alpha value is -3.71. The normalized spacial score (nSPS) is 11.2. The van der Waals surface area contributed by atoms with Crippen LogP contribution in [-0.4, -0.2) is 15.9 Å². The lowest BCUT2D eigenvalue weighted by molar-refractivity contribution is 0.0985. The van der Waals surface area contributed by atoms with Gasteiger partial charge in [0, 0.05) is 24.0 Å². The lowest BCUT2D eigenvalue weighted by atomic mass is 10.1. The first kappa shape index (κ1) is 19.3. The summed E-state index contributed by atoms with van der Waals surface area (Å²) < 4.78 is 28.3. The number of nitrogens with zero attached hydrogens (tertiary/aromatic N) is 3. The van der Waals surface area contributed by atoms with E-state index in [1.54, 1.807) is 24.5 Å². The molecular weight excluding hydrogens is 416 g/mol. The second-order valence-electron chi connectivity index (χ2n) is 7.05. The Kier molecular flexibility index (Phi) is 4.88. The van der Waals surface area contributed by atoms with Crippen molar-refractivity contribution in [3.8, 4) is 0 Å². The van der Waals surface area contributed by atoms with E-state index in [2.05, 4.69) is 9.97 Å². The highest BCUT2D eigenvalue weighted by Gasteiger charge is 2.23. The molecule has 0 radical (unpaired) electrons. The van der Waals surface area contributed by atoms with Gasteiger partial charge in [-0.3, -0.25) is 14.7 Å². The highest BCUT2D eigenvalue weighted by atomic mass is 32.1. The molecule has 0 aliphatic rings. The van der Waals surface area contributed by atoms with Gasteiger partial charge in [-0.1, -0.05) is 47.7 Å². The Bertz CT molecular complexity index is 1420. The summed E-state index contributed by atoms with van der Waals surface area (Å²) in [6, 6.07) is 18.9. The fourth-order valence-corrected chi connectivity index (χ4v) is 4.44. The van der Waals surface area contributed by atoms with Gasteiger partial charge in [-0.2, -0.15) is 0 Å². The van der Waals surface area contributed by atoms with Crippen LogP contribution in [0, 0.1) is 11.6 Å². The molecule has 0 aliphatic heterocycles. The number of pyridine rings is 1. The quantitative estimate of drug-likeness (QED) is 0.352. The first-order valence-corrected chi connectivity index (χ1v) is 10.4. The maximum atomic E-state index is 14.2. The van der Waals surface area contributed by atoms with Gasteiger partial charge in [0.05, 0.1) is 11.2 Å². The summed E-state index contributed by atoms with van der Waals surface area (Å²) >= 11 is 1.07. The topological polar surface area (TPSA) is 46.1 Å². The Balaban J connectivity index is 1.61. The Morgan fingerprint density at radius 2 is 1.81 bits per heavy atom. The zero-order chi connectivity index (χ0) is 21.4. The van der Waals surface area contributed by atoms with Crippen molar-refractivity contribution < 1.29 is 13.6 Å². The van der Waals surface area contributed by atoms with E-state index >= 15 is 0 Å². The second kappa shape index (κ2) is 7.85. The SMILES string of the molecule is O=C(c1ccc2ccccc2c1)N(Cc1cccnc1)c1nc2c(F)cc(F)cc2s1. The first-order chi connectivity index (χ1) is 15.1. The predicted molar refractivity (Wildman–Crippen MR) is 118 cm³/mol. The molecule has 31 heavy (non-hydrogen) atoms. The van der Waals surface area contributed by atoms with E-state index in [9.17, 15) is 13.6 Å². The zero-order valence-electron chi connectivity index (χ0n) is 16.1. The van der Waals surface area contributed by atoms with Gasteiger partial charge in [0.15, 0.2) is 10.9 Å². The van der Waals surface area contributed by atoms with Crippen LogP contribution < -0.4 is 4.90 Å². The number of halogens is 2. The van der Waals surface area contributed by atoms with Crippen molar-refractivity contribution in [1.82, 2.24) is 9.97 Å². The smallest absolute Gasteiger partial charge is 0.260 e. The van der Waals surface area contributed by atoms with Crippen LogP contribution in [0.1, 0.15) is 15.9 Å². The van der Waals surface area contributed by atoms with Crippen LogP contribution in [0.5, 0.6) is 0 Å². The fourth-order valence-electron chi connectivity index (χ4n) is 3.44. The number of anilines is 1. The maximum absolute atomic E-state index is 14.2. The number of benzene rings is 3. The number of amides is 1. The largest absolute Gasteiger partial charge is 0.279 e. The van der Waals surface area contributed by atoms with E-state index < -0.39 is 11.6 Å². The molecule has 2 heterocycles. The lowest BCUT2D eigenvalue weighted by Crippen LogP contribution is -2.30. The lowest BCUT2D eigenvalue weighted by Gasteiger charge is -2.20. The predicted octanol–water partition coefficient (Wildman–Crippen LogP) is 5.97. The number of carbonyl (C=O) groups excluding carboxylic acids is 1. The van der Waals surface area contributed by atoms with Crippen LogP contribution in [0.25, 0.3) is 21.0 Å². The number of fused-ring (bicyclic) bond motifs is 2. The Morgan fingerprint density at radius 3 is 2.61 bits per heavy atom. The van der Waals surface area contributed by atoms with Gasteiger partial charge < -0.3 is 0 Å². The molecule has 7 heteroatoms. The molecule has 0 saturated heterocycles. The van der Waals surface area contributed by atoms with Gasteiger partial charge in [-0.15, -0.1) is 0 Å². The highest BCUT2D eigenvalue weighted by Crippen LogP contribution is 2.33. The number of carbonyl (C=O) groups is 1. The van der Waals surface area contributed by atoms with E-state index in [0.29, 0.717) is 15.4 Å². The molecule has 5 rings (SSSR count). The minimum absolute atomic E-state index is 0.0453. The summed E-state index contributed by atoms with van der Waals surface area (Å²) in [5, 5.41) is 2.25. The molecule has 0 bridgehead atoms. The van der Waals surface area contributed by atoms with Crippen LogP contribution in [0.4, 0.5) is 13.9 Å². The van der Waals surface area contributed by atoms with Crippen molar-refractivity contribution >= 4 is 43.4 Å². The number of aromatic nitrogens is 2. The molecule has 2 aromatic heterocycles. The van der Waals surface area contributed by atoms with Crippen LogP contribution >= 0.6 is 11.3 Å². The monoisotopic (exact) mass is 431 g/mol. The van der Waals surface area contributed by atoms with Crippen molar-refractivity contribution in [1.29, 1.82) is 0 Å². The molecule has 0 atom stereocenters. The van der Waals surface area contributed by atoms with Crippen molar-refractivity contribution in [2.24, 2.45) is 0 Å². The van der Waals surface area contributed by atoms with E-state index in [4.69, 9.17) is 0 Å². The number of thiazole rings is 1. The van der Waals surface area contributed by atoms with Crippen LogP contribution in [0.15, 0.2) is 79.1 Å². The molecule has 1 amide bonds. The third-order valence-electron chi connectivity index (χ3n) is 4.94. The number of rotatable bonds is 4. The summed E-state index contributed by atoms with van der Waals surface area (Å²) in [5.41, 5.74) is 1.32. The van der Waals surface area contributed by atoms with E-state index in [1.165, 1.54) is 11.0 Å². The average molecular weight is 431 g/mol. The van der Waals surface area contributed by atoms with Crippen LogP contribution in [0.3, 0.4) is 0 Å². The second-order valence-corrected chi connectivity index (χ2v) is 8.05. The van der Waals surface area contributed by atoms with Gasteiger partial charge in [0.25, 0.3) is 5.91 Å². The first-order valence-electron chi connectivity index (χ1n) is 9.54. The molecule has 0 unspecified atom stereocenters. The summed E-state index contributed by atoms with van der Waals surface area (Å²) in [5.74, 6) is -1.72. The molecule has 0 fully saturated rings. The minimum Gasteiger partial charge on any atom is -0.279 e. The summed E-state index contributed by atoms with van der Waals surface area (Å²) in [4.78, 5) is 23.4. The van der Waals surface area contributed by atoms with Gasteiger partial charge in [0.2, 0.25) is 0 Å². The molecule has 0 spiro atoms. The molecule has 152 valence electrons. The maximum Gasteiger partial charge on any atom is 0.260 e. The summed E-state index contributed by atoms with van der Waals surface area (Å²) in [7, 11) is 0. The van der Waals surface area contributed by atoms with Crippen LogP contribution in [0.2, 0.25) is 0 Å². The Labute approximate surface area is 180 Å². The van der Waals surface area contributed by atoms with Crippen molar-refractivity contribution in [3.05, 3.63) is 102 Å². The molecular formula is C24H15F2N3OS. The standard InChI is InChI=1S/C24H15F2N3OS/c25-19-11-20(26)22-21(12-19)31-24(28-22)29(14-15-4-3-9-27-13-15)23(30)18-8-7-16-5-1-2-6-17(16)10-18/h1-13H,14H2. The molecule has 0 aliphatic carbocycles. The van der Waals surface area contributed by atoms with Crippen molar-refractivity contribution in [2.75, 3.05) is 4.90 Å². The van der Waals surface area contributed by atoms with E-state index in [-0.39, 0.29) is 18.0 Å². The third-order valence-corrected chi connectivity index (χ3v) is 5.96. The zero-order valence-corrected chi connectivity index (χ0v) is 16.9. The van der Waals surface area contributed by atoms with Crippen molar-refractivity contribution in [3.63, 3.8) is 0 Å². The molecule has 4 nitrogen and oxygen atoms in total. The van der Waals surface area contributed by atoms with Gasteiger partial charge in [-0.25, -0.2) is 13.8 Å². The fraction of sp³-hybridized carbons (Fsp3) is 0.0417. The average Bonchev–Trinajstić information content (AvgIpc) is 3.21. The van der Waals surface area contributed by atoms with Gasteiger partial charge in [-0.05, 0) is 40.6 Å². The van der Waals surface area contributed by atoms with Crippen LogP contribution in [-0.2, 0) is 6.54 Å². The van der Waals surface area contributed by atoms with E-state index in [0.717, 1.165) is 33.7 Å². The summed E-state index contributed by atoms with van der Waals surface area (Å²) in [6.45, 7) is 0.198. The van der Waals surface area contributed by atoms with Crippen molar-refractivity contribution in [2.45, 2.75) is 6.54 Å². The third kappa shape index (κ3) is 3.75. The molecule has 0 saturated carbocycles. The molecule has 5 aromatic rings. The minimum atomic E-state index is -0.753. The molecule has 3 aromatic carbocycles.